The van der Waals surface area contributed by atoms with Crippen molar-refractivity contribution in [3.8, 4) is 0 Å². The van der Waals surface area contributed by atoms with Crippen molar-refractivity contribution in [1.82, 2.24) is 9.97 Å². The van der Waals surface area contributed by atoms with E-state index in [2.05, 4.69) is 21.9 Å². The number of fused-ring (bicyclic) bond motifs is 1. The molecule has 2 aliphatic rings. The van der Waals surface area contributed by atoms with Crippen LogP contribution in [0.25, 0.3) is 11.8 Å². The van der Waals surface area contributed by atoms with Crippen LogP contribution >= 0.6 is 0 Å². The van der Waals surface area contributed by atoms with Gasteiger partial charge in [0.2, 0.25) is 0 Å². The zero-order valence-electron chi connectivity index (χ0n) is 13.9. The van der Waals surface area contributed by atoms with Gasteiger partial charge in [-0.05, 0) is 36.4 Å². The summed E-state index contributed by atoms with van der Waals surface area (Å²) in [5.74, 6) is 1.41. The van der Waals surface area contributed by atoms with Crippen LogP contribution in [0.1, 0.15) is 11.1 Å². The fourth-order valence-corrected chi connectivity index (χ4v) is 3.04. The molecule has 4 rings (SSSR count). The molecule has 1 aliphatic heterocycles. The van der Waals surface area contributed by atoms with Gasteiger partial charge in [-0.1, -0.05) is 24.8 Å². The normalized spacial score (nSPS) is 20.7. The van der Waals surface area contributed by atoms with Crippen molar-refractivity contribution < 1.29 is 9.13 Å². The van der Waals surface area contributed by atoms with Crippen LogP contribution in [0.5, 0.6) is 0 Å². The van der Waals surface area contributed by atoms with Gasteiger partial charge in [-0.3, -0.25) is 0 Å². The molecule has 0 radical (unpaired) electrons. The van der Waals surface area contributed by atoms with Crippen LogP contribution in [-0.4, -0.2) is 16.1 Å². The van der Waals surface area contributed by atoms with Crippen molar-refractivity contribution in [2.45, 2.75) is 6.10 Å². The Labute approximate surface area is 150 Å². The second-order valence-corrected chi connectivity index (χ2v) is 6.03. The van der Waals surface area contributed by atoms with Crippen molar-refractivity contribution in [3.05, 3.63) is 84.1 Å². The SMILES string of the molecule is C=Cc1c(N)ncnc1NC1=CC2C=C(c3cccc(F)c3)OC2C=C1. The summed E-state index contributed by atoms with van der Waals surface area (Å²) >= 11 is 0. The molecule has 1 aromatic carbocycles. The molecule has 0 amide bonds. The van der Waals surface area contributed by atoms with Crippen molar-refractivity contribution >= 4 is 23.5 Å². The monoisotopic (exact) mass is 348 g/mol. The van der Waals surface area contributed by atoms with Crippen LogP contribution in [0, 0.1) is 11.7 Å². The Morgan fingerprint density at radius 2 is 2.15 bits per heavy atom. The number of nitrogens with zero attached hydrogens (tertiary/aromatic N) is 2. The minimum Gasteiger partial charge on any atom is -0.485 e. The largest absolute Gasteiger partial charge is 0.485 e. The van der Waals surface area contributed by atoms with Crippen LogP contribution in [0.2, 0.25) is 0 Å². The Morgan fingerprint density at radius 3 is 2.96 bits per heavy atom. The number of halogens is 1. The summed E-state index contributed by atoms with van der Waals surface area (Å²) in [7, 11) is 0. The first-order valence-electron chi connectivity index (χ1n) is 8.18. The molecule has 0 spiro atoms. The van der Waals surface area contributed by atoms with Crippen LogP contribution < -0.4 is 11.1 Å². The molecule has 0 fully saturated rings. The van der Waals surface area contributed by atoms with Crippen LogP contribution in [0.4, 0.5) is 16.0 Å². The standard InChI is InChI=1S/C20H17FN4O/c1-2-16-19(22)23-11-24-20(16)25-15-6-7-17-13(9-15)10-18(26-17)12-4-3-5-14(21)8-12/h2-11,13,17H,1H2,(H3,22,23,24,25). The number of anilines is 2. The number of benzene rings is 1. The molecule has 1 aliphatic carbocycles. The van der Waals surface area contributed by atoms with E-state index in [1.54, 1.807) is 12.1 Å². The topological polar surface area (TPSA) is 73.1 Å². The highest BCUT2D eigenvalue weighted by Crippen LogP contribution is 2.35. The first-order chi connectivity index (χ1) is 12.6. The summed E-state index contributed by atoms with van der Waals surface area (Å²) in [6.07, 6.45) is 10.8. The van der Waals surface area contributed by atoms with E-state index < -0.39 is 0 Å². The number of allylic oxidation sites excluding steroid dienone is 1. The molecule has 2 atom stereocenters. The second kappa shape index (κ2) is 6.48. The Balaban J connectivity index is 1.58. The Kier molecular flexibility index (Phi) is 4.01. The van der Waals surface area contributed by atoms with Gasteiger partial charge in [0.25, 0.3) is 0 Å². The molecule has 2 unspecified atom stereocenters. The predicted octanol–water partition coefficient (Wildman–Crippen LogP) is 3.76. The van der Waals surface area contributed by atoms with Crippen molar-refractivity contribution in [2.24, 2.45) is 5.92 Å². The van der Waals surface area contributed by atoms with E-state index in [0.717, 1.165) is 11.3 Å². The van der Waals surface area contributed by atoms with E-state index in [1.165, 1.54) is 18.5 Å². The average molecular weight is 348 g/mol. The molecule has 2 aromatic rings. The Bertz CT molecular complexity index is 964. The van der Waals surface area contributed by atoms with Gasteiger partial charge in [0.05, 0.1) is 5.56 Å². The summed E-state index contributed by atoms with van der Waals surface area (Å²) in [5.41, 5.74) is 8.11. The molecule has 6 heteroatoms. The quantitative estimate of drug-likeness (QED) is 0.880. The molecule has 3 N–H and O–H groups in total. The number of nitrogens with two attached hydrogens (primary N) is 1. The molecule has 26 heavy (non-hydrogen) atoms. The second-order valence-electron chi connectivity index (χ2n) is 6.03. The molecule has 0 bridgehead atoms. The first kappa shape index (κ1) is 16.1. The minimum atomic E-state index is -0.284. The average Bonchev–Trinajstić information content (AvgIpc) is 3.05. The number of ether oxygens (including phenoxy) is 1. The molecule has 130 valence electrons. The van der Waals surface area contributed by atoms with Gasteiger partial charge in [0.1, 0.15) is 35.6 Å². The minimum absolute atomic E-state index is 0.0483. The van der Waals surface area contributed by atoms with Gasteiger partial charge in [-0.15, -0.1) is 0 Å². The summed E-state index contributed by atoms with van der Waals surface area (Å²) in [6, 6.07) is 6.39. The van der Waals surface area contributed by atoms with Gasteiger partial charge < -0.3 is 15.8 Å². The maximum Gasteiger partial charge on any atom is 0.143 e. The first-order valence-corrected chi connectivity index (χ1v) is 8.18. The van der Waals surface area contributed by atoms with E-state index in [1.807, 2.05) is 30.4 Å². The van der Waals surface area contributed by atoms with Crippen molar-refractivity contribution in [2.75, 3.05) is 11.1 Å². The molecular formula is C20H17FN4O. The lowest BCUT2D eigenvalue weighted by molar-refractivity contribution is 0.212. The molecule has 2 heterocycles. The van der Waals surface area contributed by atoms with Gasteiger partial charge in [0.15, 0.2) is 0 Å². The van der Waals surface area contributed by atoms with Crippen LogP contribution in [0.15, 0.2) is 67.2 Å². The van der Waals surface area contributed by atoms with Crippen LogP contribution in [-0.2, 0) is 4.74 Å². The maximum atomic E-state index is 13.5. The van der Waals surface area contributed by atoms with Crippen molar-refractivity contribution in [1.29, 1.82) is 0 Å². The highest BCUT2D eigenvalue weighted by Gasteiger charge is 2.29. The van der Waals surface area contributed by atoms with Gasteiger partial charge >= 0.3 is 0 Å². The number of hydrogen-bond donors (Lipinski definition) is 2. The maximum absolute atomic E-state index is 13.5. The molecule has 1 aromatic heterocycles. The zero-order chi connectivity index (χ0) is 18.1. The molecule has 5 nitrogen and oxygen atoms in total. The third-order valence-corrected chi connectivity index (χ3v) is 4.31. The summed E-state index contributed by atoms with van der Waals surface area (Å²) in [5, 5.41) is 3.24. The number of nitrogens with one attached hydrogen (secondary N) is 1. The van der Waals surface area contributed by atoms with Crippen molar-refractivity contribution in [3.63, 3.8) is 0 Å². The third-order valence-electron chi connectivity index (χ3n) is 4.31. The number of hydrogen-bond acceptors (Lipinski definition) is 5. The zero-order valence-corrected chi connectivity index (χ0v) is 13.9. The van der Waals surface area contributed by atoms with E-state index in [9.17, 15) is 4.39 Å². The summed E-state index contributed by atoms with van der Waals surface area (Å²) in [4.78, 5) is 8.19. The molecule has 0 saturated carbocycles. The van der Waals surface area contributed by atoms with E-state index in [-0.39, 0.29) is 17.8 Å². The third kappa shape index (κ3) is 2.97. The fraction of sp³-hybridized carbons (Fsp3) is 0.100. The lowest BCUT2D eigenvalue weighted by Crippen LogP contribution is -2.17. The summed E-state index contributed by atoms with van der Waals surface area (Å²) < 4.78 is 19.4. The van der Waals surface area contributed by atoms with E-state index in [4.69, 9.17) is 10.5 Å². The highest BCUT2D eigenvalue weighted by molar-refractivity contribution is 5.72. The van der Waals surface area contributed by atoms with Gasteiger partial charge in [-0.25, -0.2) is 14.4 Å². The number of rotatable bonds is 4. The van der Waals surface area contributed by atoms with Gasteiger partial charge in [-0.2, -0.15) is 0 Å². The number of aromatic nitrogens is 2. The smallest absolute Gasteiger partial charge is 0.143 e. The Morgan fingerprint density at radius 1 is 1.27 bits per heavy atom. The summed E-state index contributed by atoms with van der Waals surface area (Å²) in [6.45, 7) is 3.75. The Hall–Kier alpha value is -3.41. The van der Waals surface area contributed by atoms with E-state index >= 15 is 0 Å². The predicted molar refractivity (Wildman–Crippen MR) is 100 cm³/mol. The molecule has 0 saturated heterocycles. The van der Waals surface area contributed by atoms with Gasteiger partial charge in [0, 0.05) is 17.2 Å². The van der Waals surface area contributed by atoms with E-state index in [0.29, 0.717) is 23.0 Å². The lowest BCUT2D eigenvalue weighted by Gasteiger charge is -2.20. The molecular weight excluding hydrogens is 331 g/mol. The fourth-order valence-electron chi connectivity index (χ4n) is 3.04. The highest BCUT2D eigenvalue weighted by atomic mass is 19.1. The lowest BCUT2D eigenvalue weighted by atomic mass is 9.96. The number of nitrogen functional groups attached to an aromatic ring is 1. The van der Waals surface area contributed by atoms with Crippen LogP contribution in [0.3, 0.4) is 0 Å².